The number of halogens is 4. The van der Waals surface area contributed by atoms with Gasteiger partial charge in [0.15, 0.2) is 0 Å². The molecule has 0 radical (unpaired) electrons. The Bertz CT molecular complexity index is 1530. The minimum atomic E-state index is -4.55. The molecular formula is C26H26F4N8O. The Balaban J connectivity index is 1.38. The number of imidazole rings is 1. The van der Waals surface area contributed by atoms with Gasteiger partial charge in [0.25, 0.3) is 0 Å². The topological polar surface area (TPSA) is 113 Å². The second-order valence-corrected chi connectivity index (χ2v) is 9.20. The van der Waals surface area contributed by atoms with Crippen molar-refractivity contribution in [3.63, 3.8) is 0 Å². The predicted octanol–water partition coefficient (Wildman–Crippen LogP) is 4.49. The zero-order valence-corrected chi connectivity index (χ0v) is 20.9. The molecule has 4 aromatic rings. The highest BCUT2D eigenvalue weighted by atomic mass is 19.4. The number of hydrogen-bond donors (Lipinski definition) is 4. The summed E-state index contributed by atoms with van der Waals surface area (Å²) in [4.78, 5) is 23.6. The van der Waals surface area contributed by atoms with Gasteiger partial charge in [-0.3, -0.25) is 9.30 Å². The Hall–Kier alpha value is -4.23. The van der Waals surface area contributed by atoms with Gasteiger partial charge in [-0.25, -0.2) is 19.2 Å². The number of rotatable bonds is 5. The number of nitrogens with two attached hydrogens (primary N) is 1. The molecule has 0 aliphatic carbocycles. The van der Waals surface area contributed by atoms with E-state index in [1.807, 2.05) is 11.3 Å². The molecule has 1 aliphatic heterocycles. The van der Waals surface area contributed by atoms with Crippen LogP contribution in [0, 0.1) is 12.7 Å². The molecule has 2 aromatic carbocycles. The van der Waals surface area contributed by atoms with Crippen molar-refractivity contribution >= 4 is 28.7 Å². The van der Waals surface area contributed by atoms with E-state index in [4.69, 9.17) is 5.73 Å². The lowest BCUT2D eigenvalue weighted by Gasteiger charge is -2.27. The zero-order valence-electron chi connectivity index (χ0n) is 20.9. The fourth-order valence-electron chi connectivity index (χ4n) is 4.63. The molecule has 0 atom stereocenters. The van der Waals surface area contributed by atoms with E-state index >= 15 is 4.39 Å². The highest BCUT2D eigenvalue weighted by molar-refractivity contribution is 6.00. The second kappa shape index (κ2) is 10.5. The molecule has 2 amide bonds. The summed E-state index contributed by atoms with van der Waals surface area (Å²) in [5.74, 6) is 0.164. The van der Waals surface area contributed by atoms with Crippen LogP contribution in [-0.2, 0) is 12.7 Å². The summed E-state index contributed by atoms with van der Waals surface area (Å²) >= 11 is 0. The third kappa shape index (κ3) is 5.64. The summed E-state index contributed by atoms with van der Waals surface area (Å²) in [7, 11) is 0. The number of nitrogens with one attached hydrogen (secondary N) is 3. The molecular weight excluding hydrogens is 516 g/mol. The minimum absolute atomic E-state index is 0.0565. The monoisotopic (exact) mass is 542 g/mol. The molecule has 204 valence electrons. The number of benzene rings is 2. The SMILES string of the molecule is Cc1nc(-c2ccc(NC(=O)Nc3cccc(C(F)(F)F)c3)cc2F)c2c(N)ncc(CN3CCNCC3)n12. The van der Waals surface area contributed by atoms with E-state index in [1.165, 1.54) is 24.3 Å². The third-order valence-corrected chi connectivity index (χ3v) is 6.45. The standard InChI is InChI=1S/C26H26F4N8O/c1-15-34-22(23-24(31)33-13-19(38(15)23)14-37-9-7-32-8-10-37)20-6-5-18(12-21(20)27)36-25(39)35-17-4-2-3-16(11-17)26(28,29)30/h2-6,11-13,32H,7-10,14H2,1H3,(H2,31,33)(H2,35,36,39). The Labute approximate surface area is 221 Å². The molecule has 5 N–H and O–H groups in total. The molecule has 13 heteroatoms. The highest BCUT2D eigenvalue weighted by Crippen LogP contribution is 2.33. The number of alkyl halides is 3. The number of amides is 2. The average Bonchev–Trinajstić information content (AvgIpc) is 3.24. The van der Waals surface area contributed by atoms with Gasteiger partial charge < -0.3 is 21.7 Å². The second-order valence-electron chi connectivity index (χ2n) is 9.20. The van der Waals surface area contributed by atoms with Gasteiger partial charge in [0.1, 0.15) is 28.7 Å². The smallest absolute Gasteiger partial charge is 0.382 e. The Morgan fingerprint density at radius 1 is 1.10 bits per heavy atom. The molecule has 39 heavy (non-hydrogen) atoms. The Morgan fingerprint density at radius 3 is 2.51 bits per heavy atom. The Morgan fingerprint density at radius 2 is 1.82 bits per heavy atom. The average molecular weight is 543 g/mol. The van der Waals surface area contributed by atoms with E-state index in [0.29, 0.717) is 23.6 Å². The number of nitrogen functional groups attached to an aromatic ring is 1. The van der Waals surface area contributed by atoms with Gasteiger partial charge in [0.2, 0.25) is 0 Å². The molecule has 2 aromatic heterocycles. The normalized spacial score (nSPS) is 14.5. The molecule has 0 saturated carbocycles. The van der Waals surface area contributed by atoms with E-state index in [0.717, 1.165) is 50.1 Å². The fraction of sp³-hybridized carbons (Fsp3) is 0.269. The van der Waals surface area contributed by atoms with Crippen LogP contribution in [0.5, 0.6) is 0 Å². The van der Waals surface area contributed by atoms with E-state index in [9.17, 15) is 18.0 Å². The molecule has 0 bridgehead atoms. The predicted molar refractivity (Wildman–Crippen MR) is 140 cm³/mol. The summed E-state index contributed by atoms with van der Waals surface area (Å²) < 4.78 is 56.0. The number of aromatic nitrogens is 3. The number of aryl methyl sites for hydroxylation is 1. The number of anilines is 3. The lowest BCUT2D eigenvalue weighted by Crippen LogP contribution is -2.43. The van der Waals surface area contributed by atoms with Gasteiger partial charge in [0.05, 0.1) is 17.5 Å². The van der Waals surface area contributed by atoms with E-state index in [1.54, 1.807) is 6.20 Å². The summed E-state index contributed by atoms with van der Waals surface area (Å²) in [6.07, 6.45) is -2.84. The minimum Gasteiger partial charge on any atom is -0.382 e. The van der Waals surface area contributed by atoms with Gasteiger partial charge in [-0.15, -0.1) is 0 Å². The fourth-order valence-corrected chi connectivity index (χ4v) is 4.63. The van der Waals surface area contributed by atoms with Gasteiger partial charge in [0, 0.05) is 49.7 Å². The van der Waals surface area contributed by atoms with Crippen molar-refractivity contribution < 1.29 is 22.4 Å². The van der Waals surface area contributed by atoms with Crippen molar-refractivity contribution in [2.75, 3.05) is 42.5 Å². The number of carbonyl (C=O) groups is 1. The maximum atomic E-state index is 15.3. The van der Waals surface area contributed by atoms with Gasteiger partial charge in [-0.1, -0.05) is 6.07 Å². The first-order valence-electron chi connectivity index (χ1n) is 12.2. The van der Waals surface area contributed by atoms with Gasteiger partial charge >= 0.3 is 12.2 Å². The number of urea groups is 1. The van der Waals surface area contributed by atoms with Crippen molar-refractivity contribution in [3.05, 3.63) is 71.6 Å². The van der Waals surface area contributed by atoms with Crippen molar-refractivity contribution in [2.24, 2.45) is 0 Å². The van der Waals surface area contributed by atoms with Crippen molar-refractivity contribution in [2.45, 2.75) is 19.6 Å². The van der Waals surface area contributed by atoms with E-state index < -0.39 is 23.6 Å². The first kappa shape index (κ1) is 26.4. The maximum Gasteiger partial charge on any atom is 0.416 e. The first-order valence-corrected chi connectivity index (χ1v) is 12.2. The summed E-state index contributed by atoms with van der Waals surface area (Å²) in [5.41, 5.74) is 7.21. The molecule has 3 heterocycles. The van der Waals surface area contributed by atoms with E-state index in [2.05, 4.69) is 30.8 Å². The highest BCUT2D eigenvalue weighted by Gasteiger charge is 2.30. The number of fused-ring (bicyclic) bond motifs is 1. The molecule has 1 aliphatic rings. The van der Waals surface area contributed by atoms with Crippen LogP contribution in [0.25, 0.3) is 16.8 Å². The van der Waals surface area contributed by atoms with Crippen molar-refractivity contribution in [1.29, 1.82) is 0 Å². The molecule has 5 rings (SSSR count). The number of piperazine rings is 1. The van der Waals surface area contributed by atoms with Crippen LogP contribution in [-0.4, -0.2) is 51.5 Å². The Kier molecular flexibility index (Phi) is 7.10. The quantitative estimate of drug-likeness (QED) is 0.277. The van der Waals surface area contributed by atoms with E-state index in [-0.39, 0.29) is 22.8 Å². The number of nitrogens with zero attached hydrogens (tertiary/aromatic N) is 4. The first-order chi connectivity index (χ1) is 18.6. The van der Waals surface area contributed by atoms with Crippen LogP contribution in [0.3, 0.4) is 0 Å². The summed E-state index contributed by atoms with van der Waals surface area (Å²) in [6.45, 7) is 6.00. The van der Waals surface area contributed by atoms with Crippen molar-refractivity contribution in [1.82, 2.24) is 24.6 Å². The van der Waals surface area contributed by atoms with Crippen LogP contribution in [0.2, 0.25) is 0 Å². The largest absolute Gasteiger partial charge is 0.416 e. The third-order valence-electron chi connectivity index (χ3n) is 6.45. The molecule has 9 nitrogen and oxygen atoms in total. The van der Waals surface area contributed by atoms with Crippen LogP contribution in [0.15, 0.2) is 48.7 Å². The maximum absolute atomic E-state index is 15.3. The van der Waals surface area contributed by atoms with Gasteiger partial charge in [-0.2, -0.15) is 13.2 Å². The lowest BCUT2D eigenvalue weighted by molar-refractivity contribution is -0.137. The van der Waals surface area contributed by atoms with Crippen LogP contribution >= 0.6 is 0 Å². The molecule has 0 unspecified atom stereocenters. The van der Waals surface area contributed by atoms with Crippen LogP contribution in [0.1, 0.15) is 17.1 Å². The van der Waals surface area contributed by atoms with Gasteiger partial charge in [-0.05, 0) is 43.3 Å². The molecule has 1 fully saturated rings. The number of carbonyl (C=O) groups excluding carboxylic acids is 1. The summed E-state index contributed by atoms with van der Waals surface area (Å²) in [6, 6.07) is 7.42. The number of hydrogen-bond acceptors (Lipinski definition) is 6. The molecule has 0 spiro atoms. The van der Waals surface area contributed by atoms with Crippen molar-refractivity contribution in [3.8, 4) is 11.3 Å². The zero-order chi connectivity index (χ0) is 27.7. The van der Waals surface area contributed by atoms with Crippen LogP contribution in [0.4, 0.5) is 39.5 Å². The molecule has 1 saturated heterocycles. The summed E-state index contributed by atoms with van der Waals surface area (Å²) in [5, 5.41) is 8.07. The van der Waals surface area contributed by atoms with Crippen LogP contribution < -0.4 is 21.7 Å². The lowest BCUT2D eigenvalue weighted by atomic mass is 10.1.